The maximum Gasteiger partial charge on any atom is 0.133 e. The molecule has 176 valence electrons. The lowest BCUT2D eigenvalue weighted by Gasteiger charge is -2.29. The number of benzene rings is 2. The average Bonchev–Trinajstić information content (AvgIpc) is 3.38. The van der Waals surface area contributed by atoms with Crippen molar-refractivity contribution in [2.45, 2.75) is 18.9 Å². The molecule has 4 heterocycles. The number of nitrogens with one attached hydrogen (secondary N) is 1. The van der Waals surface area contributed by atoms with Crippen LogP contribution < -0.4 is 10.6 Å². The molecule has 6 rings (SSSR count). The molecule has 0 spiro atoms. The number of rotatable bonds is 5. The van der Waals surface area contributed by atoms with Crippen LogP contribution >= 0.6 is 0 Å². The number of pyridine rings is 1. The average molecular weight is 465 g/mol. The number of aromatic nitrogens is 4. The summed E-state index contributed by atoms with van der Waals surface area (Å²) in [5.74, 6) is 1.61. The Morgan fingerprint density at radius 3 is 2.71 bits per heavy atom. The SMILES string of the molecule is CC(N)(Cc1nc(-c2cccc3[nH]ccc23)cc(N2CCOCC2)n1)c1ccc2ccccc2n1. The first-order valence-corrected chi connectivity index (χ1v) is 12.0. The lowest BCUT2D eigenvalue weighted by Crippen LogP contribution is -2.38. The predicted molar refractivity (Wildman–Crippen MR) is 139 cm³/mol. The largest absolute Gasteiger partial charge is 0.378 e. The second-order valence-corrected chi connectivity index (χ2v) is 9.35. The molecule has 35 heavy (non-hydrogen) atoms. The van der Waals surface area contributed by atoms with E-state index in [0.717, 1.165) is 57.7 Å². The van der Waals surface area contributed by atoms with Crippen LogP contribution in [0.2, 0.25) is 0 Å². The van der Waals surface area contributed by atoms with Gasteiger partial charge in [-0.05, 0) is 31.2 Å². The van der Waals surface area contributed by atoms with Crippen LogP contribution in [0.5, 0.6) is 0 Å². The molecule has 2 aromatic carbocycles. The first-order valence-electron chi connectivity index (χ1n) is 12.0. The van der Waals surface area contributed by atoms with E-state index in [4.69, 9.17) is 25.4 Å². The standard InChI is InChI=1S/C28H28N6O/c1-28(29,25-10-9-19-5-2-3-7-22(19)31-25)18-26-32-24(17-27(33-26)34-13-15-35-16-14-34)20-6-4-8-23-21(20)11-12-30-23/h2-12,17,30H,13-16,18,29H2,1H3. The van der Waals surface area contributed by atoms with Crippen LogP contribution in [0, 0.1) is 0 Å². The Morgan fingerprint density at radius 2 is 1.83 bits per heavy atom. The van der Waals surface area contributed by atoms with Crippen molar-refractivity contribution in [1.29, 1.82) is 0 Å². The number of anilines is 1. The molecule has 7 nitrogen and oxygen atoms in total. The normalized spacial score (nSPS) is 16.0. The molecular formula is C28H28N6O. The number of H-pyrrole nitrogens is 1. The molecule has 0 amide bonds. The van der Waals surface area contributed by atoms with E-state index in [9.17, 15) is 0 Å². The maximum atomic E-state index is 6.87. The third kappa shape index (κ3) is 4.24. The van der Waals surface area contributed by atoms with E-state index < -0.39 is 5.54 Å². The number of para-hydroxylation sites is 1. The molecule has 3 aromatic heterocycles. The van der Waals surface area contributed by atoms with Crippen molar-refractivity contribution in [1.82, 2.24) is 19.9 Å². The Morgan fingerprint density at radius 1 is 0.971 bits per heavy atom. The molecule has 1 aliphatic rings. The number of nitrogens with zero attached hydrogens (tertiary/aromatic N) is 4. The summed E-state index contributed by atoms with van der Waals surface area (Å²) in [6, 6.07) is 22.6. The van der Waals surface area contributed by atoms with Gasteiger partial charge in [0.25, 0.3) is 0 Å². The minimum absolute atomic E-state index is 0.465. The summed E-state index contributed by atoms with van der Waals surface area (Å²) >= 11 is 0. The van der Waals surface area contributed by atoms with Gasteiger partial charge in [0.1, 0.15) is 11.6 Å². The molecular weight excluding hydrogens is 436 g/mol. The van der Waals surface area contributed by atoms with E-state index in [-0.39, 0.29) is 0 Å². The smallest absolute Gasteiger partial charge is 0.133 e. The zero-order valence-corrected chi connectivity index (χ0v) is 19.7. The third-order valence-electron chi connectivity index (χ3n) is 6.67. The second kappa shape index (κ2) is 8.76. The number of ether oxygens (including phenoxy) is 1. The number of hydrogen-bond donors (Lipinski definition) is 2. The van der Waals surface area contributed by atoms with Crippen molar-refractivity contribution in [2.24, 2.45) is 5.73 Å². The zero-order valence-electron chi connectivity index (χ0n) is 19.7. The van der Waals surface area contributed by atoms with Crippen LogP contribution in [0.3, 0.4) is 0 Å². The van der Waals surface area contributed by atoms with Gasteiger partial charge in [0.15, 0.2) is 0 Å². The van der Waals surface area contributed by atoms with Crippen LogP contribution in [0.1, 0.15) is 18.4 Å². The van der Waals surface area contributed by atoms with Gasteiger partial charge in [-0.3, -0.25) is 4.98 Å². The van der Waals surface area contributed by atoms with Crippen molar-refractivity contribution >= 4 is 27.6 Å². The van der Waals surface area contributed by atoms with Gasteiger partial charge in [-0.2, -0.15) is 0 Å². The van der Waals surface area contributed by atoms with Gasteiger partial charge in [0.05, 0.1) is 35.7 Å². The lowest BCUT2D eigenvalue weighted by molar-refractivity contribution is 0.122. The summed E-state index contributed by atoms with van der Waals surface area (Å²) < 4.78 is 5.57. The topological polar surface area (TPSA) is 93.0 Å². The summed E-state index contributed by atoms with van der Waals surface area (Å²) in [4.78, 5) is 20.4. The fraction of sp³-hybridized carbons (Fsp3) is 0.250. The highest BCUT2D eigenvalue weighted by Gasteiger charge is 2.27. The highest BCUT2D eigenvalue weighted by molar-refractivity contribution is 5.94. The van der Waals surface area contributed by atoms with Crippen molar-refractivity contribution < 1.29 is 4.74 Å². The van der Waals surface area contributed by atoms with E-state index >= 15 is 0 Å². The van der Waals surface area contributed by atoms with Crippen LogP contribution in [-0.2, 0) is 16.7 Å². The minimum Gasteiger partial charge on any atom is -0.378 e. The zero-order chi connectivity index (χ0) is 23.8. The number of fused-ring (bicyclic) bond motifs is 2. The molecule has 0 aliphatic carbocycles. The van der Waals surface area contributed by atoms with Gasteiger partial charge < -0.3 is 20.4 Å². The predicted octanol–water partition coefficient (Wildman–Crippen LogP) is 4.43. The Labute approximate surface area is 204 Å². The Kier molecular flexibility index (Phi) is 5.43. The number of hydrogen-bond acceptors (Lipinski definition) is 6. The molecule has 1 fully saturated rings. The summed E-state index contributed by atoms with van der Waals surface area (Å²) in [6.07, 6.45) is 2.42. The maximum absolute atomic E-state index is 6.87. The first-order chi connectivity index (χ1) is 17.1. The van der Waals surface area contributed by atoms with E-state index in [0.29, 0.717) is 25.5 Å². The number of aromatic amines is 1. The number of nitrogens with two attached hydrogens (primary N) is 1. The van der Waals surface area contributed by atoms with E-state index in [2.05, 4.69) is 52.3 Å². The Balaban J connectivity index is 1.42. The quantitative estimate of drug-likeness (QED) is 0.400. The molecule has 3 N–H and O–H groups in total. The highest BCUT2D eigenvalue weighted by atomic mass is 16.5. The molecule has 0 saturated carbocycles. The Bertz CT molecular complexity index is 1500. The fourth-order valence-corrected chi connectivity index (χ4v) is 4.77. The summed E-state index contributed by atoms with van der Waals surface area (Å²) in [5, 5.41) is 2.23. The monoisotopic (exact) mass is 464 g/mol. The van der Waals surface area contributed by atoms with Crippen molar-refractivity contribution in [3.05, 3.63) is 84.4 Å². The van der Waals surface area contributed by atoms with Crippen LogP contribution in [0.4, 0.5) is 5.82 Å². The first kappa shape index (κ1) is 21.7. The molecule has 1 unspecified atom stereocenters. The molecule has 7 heteroatoms. The van der Waals surface area contributed by atoms with E-state index in [1.165, 1.54) is 0 Å². The van der Waals surface area contributed by atoms with Crippen LogP contribution in [0.25, 0.3) is 33.1 Å². The molecule has 0 bridgehead atoms. The highest BCUT2D eigenvalue weighted by Crippen LogP contribution is 2.31. The van der Waals surface area contributed by atoms with Crippen molar-refractivity contribution in [3.63, 3.8) is 0 Å². The van der Waals surface area contributed by atoms with E-state index in [1.54, 1.807) is 0 Å². The Hall–Kier alpha value is -3.81. The van der Waals surface area contributed by atoms with Gasteiger partial charge in [0, 0.05) is 53.6 Å². The third-order valence-corrected chi connectivity index (χ3v) is 6.67. The van der Waals surface area contributed by atoms with E-state index in [1.807, 2.05) is 37.4 Å². The minimum atomic E-state index is -0.731. The fourth-order valence-electron chi connectivity index (χ4n) is 4.77. The van der Waals surface area contributed by atoms with Gasteiger partial charge in [-0.25, -0.2) is 9.97 Å². The van der Waals surface area contributed by atoms with Gasteiger partial charge in [-0.1, -0.05) is 36.4 Å². The van der Waals surface area contributed by atoms with Crippen LogP contribution in [-0.4, -0.2) is 46.2 Å². The molecule has 5 aromatic rings. The van der Waals surface area contributed by atoms with Crippen molar-refractivity contribution in [3.8, 4) is 11.3 Å². The molecule has 1 atom stereocenters. The van der Waals surface area contributed by atoms with Gasteiger partial charge in [0.2, 0.25) is 0 Å². The summed E-state index contributed by atoms with van der Waals surface area (Å²) in [6.45, 7) is 4.99. The van der Waals surface area contributed by atoms with Crippen LogP contribution in [0.15, 0.2) is 72.9 Å². The van der Waals surface area contributed by atoms with Gasteiger partial charge >= 0.3 is 0 Å². The molecule has 1 saturated heterocycles. The van der Waals surface area contributed by atoms with Gasteiger partial charge in [-0.15, -0.1) is 0 Å². The summed E-state index contributed by atoms with van der Waals surface area (Å²) in [5.41, 5.74) is 10.9. The number of morpholine rings is 1. The van der Waals surface area contributed by atoms with Crippen molar-refractivity contribution in [2.75, 3.05) is 31.2 Å². The summed E-state index contributed by atoms with van der Waals surface area (Å²) in [7, 11) is 0. The second-order valence-electron chi connectivity index (χ2n) is 9.35. The molecule has 0 radical (unpaired) electrons. The molecule has 1 aliphatic heterocycles. The lowest BCUT2D eigenvalue weighted by atomic mass is 9.93.